The van der Waals surface area contributed by atoms with Crippen molar-refractivity contribution in [3.8, 4) is 0 Å². The predicted octanol–water partition coefficient (Wildman–Crippen LogP) is 3.06. The lowest BCUT2D eigenvalue weighted by Gasteiger charge is -2.16. The zero-order chi connectivity index (χ0) is 14.0. The van der Waals surface area contributed by atoms with Gasteiger partial charge in [-0.2, -0.15) is 5.10 Å². The van der Waals surface area contributed by atoms with Gasteiger partial charge >= 0.3 is 0 Å². The number of halogens is 1. The molecule has 0 bridgehead atoms. The Labute approximate surface area is 118 Å². The molecule has 1 aromatic carbocycles. The maximum absolute atomic E-state index is 6.31. The van der Waals surface area contributed by atoms with E-state index in [4.69, 9.17) is 17.3 Å². The molecule has 0 amide bonds. The molecule has 1 aromatic heterocycles. The van der Waals surface area contributed by atoms with Crippen LogP contribution in [0.25, 0.3) is 0 Å². The van der Waals surface area contributed by atoms with Crippen molar-refractivity contribution in [3.63, 3.8) is 0 Å². The van der Waals surface area contributed by atoms with E-state index in [1.54, 1.807) is 6.33 Å². The van der Waals surface area contributed by atoms with Crippen molar-refractivity contribution in [2.75, 3.05) is 0 Å². The van der Waals surface area contributed by atoms with Gasteiger partial charge in [0.15, 0.2) is 0 Å². The van der Waals surface area contributed by atoms with E-state index >= 15 is 0 Å². The van der Waals surface area contributed by atoms with Crippen molar-refractivity contribution in [1.29, 1.82) is 0 Å². The van der Waals surface area contributed by atoms with Gasteiger partial charge < -0.3 is 5.73 Å². The SMILES string of the molecule is Cc1cccc(C(N)Cc2ncnn2C(C)C)c1Cl. The summed E-state index contributed by atoms with van der Waals surface area (Å²) >= 11 is 6.31. The van der Waals surface area contributed by atoms with Crippen LogP contribution < -0.4 is 5.73 Å². The molecule has 0 saturated carbocycles. The Kier molecular flexibility index (Phi) is 4.22. The molecule has 0 aliphatic rings. The second-order valence-electron chi connectivity index (χ2n) is 5.00. The lowest BCUT2D eigenvalue weighted by Crippen LogP contribution is -2.18. The molecule has 102 valence electrons. The second-order valence-corrected chi connectivity index (χ2v) is 5.38. The van der Waals surface area contributed by atoms with E-state index in [1.165, 1.54) is 0 Å². The summed E-state index contributed by atoms with van der Waals surface area (Å²) in [5.74, 6) is 0.889. The third kappa shape index (κ3) is 2.96. The minimum atomic E-state index is -0.172. The maximum atomic E-state index is 6.31. The van der Waals surface area contributed by atoms with Crippen LogP contribution in [0, 0.1) is 6.92 Å². The first-order chi connectivity index (χ1) is 9.00. The maximum Gasteiger partial charge on any atom is 0.138 e. The molecule has 2 N–H and O–H groups in total. The monoisotopic (exact) mass is 278 g/mol. The largest absolute Gasteiger partial charge is 0.324 e. The summed E-state index contributed by atoms with van der Waals surface area (Å²) in [6.07, 6.45) is 2.20. The number of nitrogens with zero attached hydrogens (tertiary/aromatic N) is 3. The van der Waals surface area contributed by atoms with E-state index in [1.807, 2.05) is 29.8 Å². The van der Waals surface area contributed by atoms with Crippen molar-refractivity contribution >= 4 is 11.6 Å². The summed E-state index contributed by atoms with van der Waals surface area (Å²) < 4.78 is 1.89. The molecule has 1 atom stereocenters. The van der Waals surface area contributed by atoms with Crippen LogP contribution in [-0.2, 0) is 6.42 Å². The van der Waals surface area contributed by atoms with Crippen molar-refractivity contribution in [1.82, 2.24) is 14.8 Å². The lowest BCUT2D eigenvalue weighted by atomic mass is 10.0. The smallest absolute Gasteiger partial charge is 0.138 e. The normalized spacial score (nSPS) is 12.9. The standard InChI is InChI=1S/C14H19ClN4/c1-9(2)19-13(17-8-18-19)7-12(16)11-6-4-5-10(3)14(11)15/h4-6,8-9,12H,7,16H2,1-3H3. The fourth-order valence-electron chi connectivity index (χ4n) is 2.11. The molecular weight excluding hydrogens is 260 g/mol. The molecule has 0 aliphatic heterocycles. The summed E-state index contributed by atoms with van der Waals surface area (Å²) in [4.78, 5) is 4.28. The van der Waals surface area contributed by atoms with Crippen LogP contribution in [0.2, 0.25) is 5.02 Å². The minimum Gasteiger partial charge on any atom is -0.324 e. The first-order valence-corrected chi connectivity index (χ1v) is 6.77. The summed E-state index contributed by atoms with van der Waals surface area (Å²) in [6.45, 7) is 6.13. The van der Waals surface area contributed by atoms with Gasteiger partial charge in [-0.25, -0.2) is 9.67 Å². The van der Waals surface area contributed by atoms with Crippen molar-refractivity contribution in [2.24, 2.45) is 5.73 Å². The van der Waals surface area contributed by atoms with Crippen LogP contribution in [0.5, 0.6) is 0 Å². The van der Waals surface area contributed by atoms with Gasteiger partial charge in [0.1, 0.15) is 12.2 Å². The average Bonchev–Trinajstić information content (AvgIpc) is 2.80. The van der Waals surface area contributed by atoms with E-state index in [9.17, 15) is 0 Å². The second kappa shape index (κ2) is 5.72. The Morgan fingerprint density at radius 2 is 2.11 bits per heavy atom. The number of rotatable bonds is 4. The van der Waals surface area contributed by atoms with Crippen molar-refractivity contribution in [3.05, 3.63) is 46.5 Å². The van der Waals surface area contributed by atoms with E-state index < -0.39 is 0 Å². The number of aryl methyl sites for hydroxylation is 1. The summed E-state index contributed by atoms with van der Waals surface area (Å²) in [5, 5.41) is 4.96. The number of benzene rings is 1. The van der Waals surface area contributed by atoms with Gasteiger partial charge in [-0.15, -0.1) is 0 Å². The molecule has 0 saturated heterocycles. The Balaban J connectivity index is 2.23. The number of aromatic nitrogens is 3. The lowest BCUT2D eigenvalue weighted by molar-refractivity contribution is 0.493. The molecule has 19 heavy (non-hydrogen) atoms. The van der Waals surface area contributed by atoms with E-state index in [0.717, 1.165) is 22.0 Å². The molecule has 0 aliphatic carbocycles. The number of hydrogen-bond acceptors (Lipinski definition) is 3. The Hall–Kier alpha value is -1.39. The highest BCUT2D eigenvalue weighted by Crippen LogP contribution is 2.26. The van der Waals surface area contributed by atoms with Crippen molar-refractivity contribution < 1.29 is 0 Å². The number of hydrogen-bond donors (Lipinski definition) is 1. The zero-order valence-electron chi connectivity index (χ0n) is 11.5. The van der Waals surface area contributed by atoms with Crippen LogP contribution in [0.3, 0.4) is 0 Å². The molecule has 1 heterocycles. The fraction of sp³-hybridized carbons (Fsp3) is 0.429. The molecule has 1 unspecified atom stereocenters. The molecule has 2 rings (SSSR count). The van der Waals surface area contributed by atoms with Crippen LogP contribution in [0.4, 0.5) is 0 Å². The van der Waals surface area contributed by atoms with E-state index in [0.29, 0.717) is 6.42 Å². The average molecular weight is 279 g/mol. The van der Waals surface area contributed by atoms with Gasteiger partial charge in [0.2, 0.25) is 0 Å². The fourth-order valence-corrected chi connectivity index (χ4v) is 2.38. The summed E-state index contributed by atoms with van der Waals surface area (Å²) in [7, 11) is 0. The molecule has 4 nitrogen and oxygen atoms in total. The highest BCUT2D eigenvalue weighted by molar-refractivity contribution is 6.32. The Bertz CT molecular complexity index is 562. The minimum absolute atomic E-state index is 0.172. The van der Waals surface area contributed by atoms with Crippen LogP contribution in [-0.4, -0.2) is 14.8 Å². The Morgan fingerprint density at radius 3 is 2.79 bits per heavy atom. The van der Waals surface area contributed by atoms with E-state index in [2.05, 4.69) is 23.9 Å². The van der Waals surface area contributed by atoms with Crippen LogP contribution in [0.15, 0.2) is 24.5 Å². The molecule has 0 fully saturated rings. The zero-order valence-corrected chi connectivity index (χ0v) is 12.2. The molecular formula is C14H19ClN4. The van der Waals surface area contributed by atoms with Gasteiger partial charge in [0, 0.05) is 23.5 Å². The van der Waals surface area contributed by atoms with E-state index in [-0.39, 0.29) is 12.1 Å². The van der Waals surface area contributed by atoms with Gasteiger partial charge in [0.25, 0.3) is 0 Å². The molecule has 0 spiro atoms. The quantitative estimate of drug-likeness (QED) is 0.935. The van der Waals surface area contributed by atoms with Crippen molar-refractivity contribution in [2.45, 2.75) is 39.3 Å². The summed E-state index contributed by atoms with van der Waals surface area (Å²) in [6, 6.07) is 6.03. The third-order valence-corrected chi connectivity index (χ3v) is 3.68. The predicted molar refractivity (Wildman–Crippen MR) is 77.2 cm³/mol. The highest BCUT2D eigenvalue weighted by atomic mass is 35.5. The number of nitrogens with two attached hydrogens (primary N) is 1. The highest BCUT2D eigenvalue weighted by Gasteiger charge is 2.16. The summed E-state index contributed by atoms with van der Waals surface area (Å²) in [5.41, 5.74) is 8.26. The van der Waals surface area contributed by atoms with Crippen LogP contribution >= 0.6 is 11.6 Å². The van der Waals surface area contributed by atoms with Gasteiger partial charge in [-0.1, -0.05) is 29.8 Å². The molecule has 5 heteroatoms. The first-order valence-electron chi connectivity index (χ1n) is 6.39. The third-order valence-electron chi connectivity index (χ3n) is 3.16. The Morgan fingerprint density at radius 1 is 1.37 bits per heavy atom. The van der Waals surface area contributed by atoms with Gasteiger partial charge in [-0.05, 0) is 31.9 Å². The van der Waals surface area contributed by atoms with Gasteiger partial charge in [0.05, 0.1) is 0 Å². The molecule has 2 aromatic rings. The molecule has 0 radical (unpaired) electrons. The first kappa shape index (κ1) is 14.0. The van der Waals surface area contributed by atoms with Gasteiger partial charge in [-0.3, -0.25) is 0 Å². The topological polar surface area (TPSA) is 56.7 Å². The van der Waals surface area contributed by atoms with Crippen LogP contribution in [0.1, 0.15) is 42.9 Å².